The van der Waals surface area contributed by atoms with Crippen LogP contribution < -0.4 is 4.90 Å². The van der Waals surface area contributed by atoms with Crippen molar-refractivity contribution in [1.82, 2.24) is 4.90 Å². The molecule has 1 aliphatic heterocycles. The highest BCUT2D eigenvalue weighted by molar-refractivity contribution is 5.51. The minimum Gasteiger partial charge on any atom is -0.358 e. The fraction of sp³-hybridized carbons (Fsp3) is 0.385. The van der Waals surface area contributed by atoms with Crippen molar-refractivity contribution in [2.75, 3.05) is 18.1 Å². The lowest BCUT2D eigenvalue weighted by Gasteiger charge is -2.22. The van der Waals surface area contributed by atoms with Gasteiger partial charge >= 0.3 is 0 Å². The first-order chi connectivity index (χ1) is 7.66. The molecule has 1 aromatic carbocycles. The van der Waals surface area contributed by atoms with Crippen molar-refractivity contribution < 1.29 is 4.39 Å². The van der Waals surface area contributed by atoms with Gasteiger partial charge in [-0.3, -0.25) is 0 Å². The summed E-state index contributed by atoms with van der Waals surface area (Å²) >= 11 is 0. The van der Waals surface area contributed by atoms with Crippen molar-refractivity contribution in [1.29, 1.82) is 0 Å². The molecule has 0 unspecified atom stereocenters. The summed E-state index contributed by atoms with van der Waals surface area (Å²) in [6.45, 7) is 6.10. The first kappa shape index (κ1) is 11.0. The second-order valence-corrected chi connectivity index (χ2v) is 4.53. The van der Waals surface area contributed by atoms with Crippen molar-refractivity contribution in [3.05, 3.63) is 42.5 Å². The summed E-state index contributed by atoms with van der Waals surface area (Å²) in [5, 5.41) is 0. The molecule has 2 rings (SSSR count). The average molecular weight is 220 g/mol. The number of anilines is 1. The number of hydrogen-bond donors (Lipinski definition) is 0. The fourth-order valence-electron chi connectivity index (χ4n) is 1.89. The molecular formula is C13H17FN2. The number of para-hydroxylation sites is 1. The molecule has 0 radical (unpaired) electrons. The van der Waals surface area contributed by atoms with Gasteiger partial charge in [-0.15, -0.1) is 0 Å². The molecule has 0 aliphatic carbocycles. The van der Waals surface area contributed by atoms with Gasteiger partial charge in [0.2, 0.25) is 0 Å². The Labute approximate surface area is 96.0 Å². The Kier molecular flexibility index (Phi) is 3.13. The van der Waals surface area contributed by atoms with E-state index in [1.54, 1.807) is 12.1 Å². The maximum Gasteiger partial charge on any atom is 0.146 e. The van der Waals surface area contributed by atoms with Crippen molar-refractivity contribution in [2.45, 2.75) is 13.8 Å². The normalized spacial score (nSPS) is 15.2. The van der Waals surface area contributed by atoms with Gasteiger partial charge in [0, 0.05) is 18.9 Å². The third-order valence-electron chi connectivity index (χ3n) is 2.55. The highest BCUT2D eigenvalue weighted by atomic mass is 19.1. The molecule has 1 heterocycles. The molecule has 0 atom stereocenters. The standard InChI is InChI=1S/C13H17FN2/c1-11(2)9-15-7-8-16(10-15)13-6-4-3-5-12(13)14/h3-8,11H,9-10H2,1-2H3. The topological polar surface area (TPSA) is 6.48 Å². The first-order valence-electron chi connectivity index (χ1n) is 5.60. The van der Waals surface area contributed by atoms with Gasteiger partial charge in [0.1, 0.15) is 5.82 Å². The summed E-state index contributed by atoms with van der Waals surface area (Å²) in [6.07, 6.45) is 3.95. The lowest BCUT2D eigenvalue weighted by Crippen LogP contribution is -2.28. The predicted octanol–water partition coefficient (Wildman–Crippen LogP) is 3.03. The van der Waals surface area contributed by atoms with Crippen LogP contribution in [0.3, 0.4) is 0 Å². The number of halogens is 1. The van der Waals surface area contributed by atoms with Gasteiger partial charge < -0.3 is 9.80 Å². The van der Waals surface area contributed by atoms with Crippen molar-refractivity contribution in [3.8, 4) is 0 Å². The average Bonchev–Trinajstić information content (AvgIpc) is 2.66. The molecule has 0 fully saturated rings. The van der Waals surface area contributed by atoms with Gasteiger partial charge in [0.15, 0.2) is 0 Å². The zero-order valence-electron chi connectivity index (χ0n) is 9.73. The van der Waals surface area contributed by atoms with Crippen LogP contribution in [0.1, 0.15) is 13.8 Å². The highest BCUT2D eigenvalue weighted by Crippen LogP contribution is 2.22. The molecule has 3 heteroatoms. The summed E-state index contributed by atoms with van der Waals surface area (Å²) in [4.78, 5) is 4.12. The van der Waals surface area contributed by atoms with E-state index in [2.05, 4.69) is 18.7 Å². The van der Waals surface area contributed by atoms with E-state index in [1.807, 2.05) is 23.4 Å². The summed E-state index contributed by atoms with van der Waals surface area (Å²) in [5.41, 5.74) is 0.644. The molecule has 0 amide bonds. The quantitative estimate of drug-likeness (QED) is 0.772. The fourth-order valence-corrected chi connectivity index (χ4v) is 1.89. The molecular weight excluding hydrogens is 203 g/mol. The van der Waals surface area contributed by atoms with E-state index in [0.29, 0.717) is 11.6 Å². The lowest BCUT2D eigenvalue weighted by molar-refractivity contribution is 0.353. The van der Waals surface area contributed by atoms with Crippen LogP contribution in [-0.2, 0) is 0 Å². The van der Waals surface area contributed by atoms with Gasteiger partial charge in [0.05, 0.1) is 12.4 Å². The van der Waals surface area contributed by atoms with Gasteiger partial charge in [-0.05, 0) is 18.1 Å². The van der Waals surface area contributed by atoms with Crippen LogP contribution >= 0.6 is 0 Å². The maximum atomic E-state index is 13.5. The monoisotopic (exact) mass is 220 g/mol. The third kappa shape index (κ3) is 2.35. The minimum absolute atomic E-state index is 0.168. The summed E-state index contributed by atoms with van der Waals surface area (Å²) in [5.74, 6) is 0.448. The zero-order chi connectivity index (χ0) is 11.5. The van der Waals surface area contributed by atoms with Crippen LogP contribution in [-0.4, -0.2) is 18.1 Å². The number of rotatable bonds is 3. The summed E-state index contributed by atoms with van der Waals surface area (Å²) in [7, 11) is 0. The third-order valence-corrected chi connectivity index (χ3v) is 2.55. The number of nitrogens with zero attached hydrogens (tertiary/aromatic N) is 2. The van der Waals surface area contributed by atoms with Crippen molar-refractivity contribution >= 4 is 5.69 Å². The van der Waals surface area contributed by atoms with Crippen LogP contribution in [0, 0.1) is 11.7 Å². The highest BCUT2D eigenvalue weighted by Gasteiger charge is 2.16. The smallest absolute Gasteiger partial charge is 0.146 e. The Morgan fingerprint density at radius 3 is 2.69 bits per heavy atom. The van der Waals surface area contributed by atoms with Gasteiger partial charge in [-0.2, -0.15) is 0 Å². The van der Waals surface area contributed by atoms with Crippen LogP contribution in [0.5, 0.6) is 0 Å². The molecule has 0 bridgehead atoms. The van der Waals surface area contributed by atoms with Crippen LogP contribution in [0.4, 0.5) is 10.1 Å². The summed E-state index contributed by atoms with van der Waals surface area (Å²) in [6, 6.07) is 6.87. The molecule has 86 valence electrons. The first-order valence-corrected chi connectivity index (χ1v) is 5.60. The van der Waals surface area contributed by atoms with E-state index in [1.165, 1.54) is 6.07 Å². The zero-order valence-corrected chi connectivity index (χ0v) is 9.73. The molecule has 16 heavy (non-hydrogen) atoms. The van der Waals surface area contributed by atoms with E-state index in [0.717, 1.165) is 13.2 Å². The minimum atomic E-state index is -0.168. The lowest BCUT2D eigenvalue weighted by atomic mass is 10.2. The van der Waals surface area contributed by atoms with E-state index < -0.39 is 0 Å². The molecule has 0 spiro atoms. The van der Waals surface area contributed by atoms with E-state index >= 15 is 0 Å². The second kappa shape index (κ2) is 4.56. The Bertz CT molecular complexity index is 387. The largest absolute Gasteiger partial charge is 0.358 e. The summed E-state index contributed by atoms with van der Waals surface area (Å²) < 4.78 is 13.5. The Balaban J connectivity index is 2.05. The van der Waals surface area contributed by atoms with E-state index in [4.69, 9.17) is 0 Å². The molecule has 0 N–H and O–H groups in total. The SMILES string of the molecule is CC(C)CN1C=CN(c2ccccc2F)C1. The number of benzene rings is 1. The number of hydrogen-bond acceptors (Lipinski definition) is 2. The predicted molar refractivity (Wildman–Crippen MR) is 64.4 cm³/mol. The van der Waals surface area contributed by atoms with E-state index in [-0.39, 0.29) is 5.82 Å². The molecule has 1 aliphatic rings. The molecule has 0 saturated heterocycles. The van der Waals surface area contributed by atoms with Gasteiger partial charge in [-0.1, -0.05) is 26.0 Å². The Morgan fingerprint density at radius 1 is 1.25 bits per heavy atom. The molecule has 2 nitrogen and oxygen atoms in total. The molecule has 0 saturated carbocycles. The second-order valence-electron chi connectivity index (χ2n) is 4.53. The molecule has 1 aromatic rings. The van der Waals surface area contributed by atoms with Crippen molar-refractivity contribution in [3.63, 3.8) is 0 Å². The molecule has 0 aromatic heterocycles. The maximum absolute atomic E-state index is 13.5. The van der Waals surface area contributed by atoms with Crippen LogP contribution in [0.2, 0.25) is 0 Å². The van der Waals surface area contributed by atoms with E-state index in [9.17, 15) is 4.39 Å². The Hall–Kier alpha value is -1.51. The van der Waals surface area contributed by atoms with Crippen LogP contribution in [0.25, 0.3) is 0 Å². The van der Waals surface area contributed by atoms with Gasteiger partial charge in [0.25, 0.3) is 0 Å². The Morgan fingerprint density at radius 2 is 2.00 bits per heavy atom. The van der Waals surface area contributed by atoms with Crippen molar-refractivity contribution in [2.24, 2.45) is 5.92 Å². The van der Waals surface area contributed by atoms with Gasteiger partial charge in [-0.25, -0.2) is 4.39 Å². The van der Waals surface area contributed by atoms with Crippen LogP contribution in [0.15, 0.2) is 36.7 Å².